The van der Waals surface area contributed by atoms with Crippen molar-refractivity contribution in [2.75, 3.05) is 18.9 Å². The molecule has 4 heterocycles. The van der Waals surface area contributed by atoms with Crippen molar-refractivity contribution in [2.45, 2.75) is 43.5 Å². The first-order chi connectivity index (χ1) is 17.0. The summed E-state index contributed by atoms with van der Waals surface area (Å²) in [5.41, 5.74) is 3.50. The molecule has 6 atom stereocenters. The van der Waals surface area contributed by atoms with E-state index in [0.29, 0.717) is 6.07 Å². The van der Waals surface area contributed by atoms with Gasteiger partial charge in [-0.3, -0.25) is 23.3 Å². The zero-order valence-electron chi connectivity index (χ0n) is 18.8. The van der Waals surface area contributed by atoms with E-state index in [1.807, 2.05) is 0 Å². The topological polar surface area (TPSA) is 171 Å². The van der Waals surface area contributed by atoms with E-state index in [0.717, 1.165) is 12.1 Å². The molecule has 2 aromatic heterocycles. The van der Waals surface area contributed by atoms with Crippen LogP contribution in [0.5, 0.6) is 0 Å². The molecule has 0 aliphatic carbocycles. The maximum absolute atomic E-state index is 13.6. The number of phosphoric ester groups is 1. The molecule has 2 fully saturated rings. The summed E-state index contributed by atoms with van der Waals surface area (Å²) in [5, 5.41) is 21.9. The van der Waals surface area contributed by atoms with Gasteiger partial charge in [-0.25, -0.2) is 13.3 Å². The highest BCUT2D eigenvalue weighted by Gasteiger charge is 2.54. The van der Waals surface area contributed by atoms with Crippen molar-refractivity contribution < 1.29 is 41.9 Å². The molecule has 0 radical (unpaired) electrons. The van der Waals surface area contributed by atoms with Gasteiger partial charge in [0.25, 0.3) is 5.56 Å². The van der Waals surface area contributed by atoms with Crippen molar-refractivity contribution in [3.05, 3.63) is 58.0 Å². The first-order valence-corrected chi connectivity index (χ1v) is 12.4. The molecular weight excluding hydrogens is 505 g/mol. The molecule has 2 saturated heterocycles. The number of H-pyrrole nitrogens is 1. The van der Waals surface area contributed by atoms with Gasteiger partial charge in [-0.15, -0.1) is 0 Å². The normalized spacial score (nSPS) is 32.8. The molecule has 0 spiro atoms. The molecule has 1 unspecified atom stereocenters. The first kappa shape index (κ1) is 25.0. The van der Waals surface area contributed by atoms with Crippen LogP contribution < -0.4 is 11.3 Å². The number of aromatic amines is 1. The summed E-state index contributed by atoms with van der Waals surface area (Å²) in [4.78, 5) is 18.6. The van der Waals surface area contributed by atoms with Crippen LogP contribution in [0.25, 0.3) is 11.0 Å². The van der Waals surface area contributed by atoms with Crippen molar-refractivity contribution in [3.8, 4) is 0 Å². The van der Waals surface area contributed by atoms with Crippen molar-refractivity contribution in [3.63, 3.8) is 0 Å². The minimum Gasteiger partial charge on any atom is -0.387 e. The number of halogens is 2. The number of nitrogens with zero attached hydrogens (tertiary/aromatic N) is 2. The maximum Gasteiger partial charge on any atom is 0.475 e. The predicted octanol–water partition coefficient (Wildman–Crippen LogP) is 1.90. The summed E-state index contributed by atoms with van der Waals surface area (Å²) in [6.45, 7) is 0.713. The molecule has 12 nitrogen and oxygen atoms in total. The zero-order valence-corrected chi connectivity index (χ0v) is 19.7. The van der Waals surface area contributed by atoms with E-state index < -0.39 is 61.8 Å². The summed E-state index contributed by atoms with van der Waals surface area (Å²) < 4.78 is 63.4. The fourth-order valence-corrected chi connectivity index (χ4v) is 5.75. The SMILES string of the molecule is C[C@@]1(O)[C@H](O)[C@@H](COP2(=O)OCC[C@H](c3cc(F)cc(F)c3)O2)O[C@H]1n1ccc2c(=O)[nH]c(N)nc21. The van der Waals surface area contributed by atoms with E-state index >= 15 is 0 Å². The van der Waals surface area contributed by atoms with E-state index in [-0.39, 0.29) is 35.6 Å². The minimum atomic E-state index is -4.22. The van der Waals surface area contributed by atoms with Gasteiger partial charge >= 0.3 is 7.82 Å². The second kappa shape index (κ2) is 8.99. The van der Waals surface area contributed by atoms with Crippen LogP contribution >= 0.6 is 7.82 Å². The Balaban J connectivity index is 1.33. The number of nitrogens with two attached hydrogens (primary N) is 1. The number of benzene rings is 1. The summed E-state index contributed by atoms with van der Waals surface area (Å²) in [5.74, 6) is -1.78. The lowest BCUT2D eigenvalue weighted by Gasteiger charge is -2.30. The van der Waals surface area contributed by atoms with Gasteiger partial charge in [0.1, 0.15) is 29.4 Å². The second-order valence-electron chi connectivity index (χ2n) is 8.77. The van der Waals surface area contributed by atoms with Crippen LogP contribution in [-0.2, 0) is 22.9 Å². The van der Waals surface area contributed by atoms with Gasteiger partial charge in [0.2, 0.25) is 5.95 Å². The molecular formula is C21H23F2N4O8P. The van der Waals surface area contributed by atoms with Crippen LogP contribution in [0.15, 0.2) is 35.3 Å². The highest BCUT2D eigenvalue weighted by atomic mass is 31.2. The molecule has 0 bridgehead atoms. The van der Waals surface area contributed by atoms with Crippen LogP contribution in [0.4, 0.5) is 14.7 Å². The van der Waals surface area contributed by atoms with Gasteiger partial charge < -0.3 is 25.3 Å². The summed E-state index contributed by atoms with van der Waals surface area (Å²) in [6.07, 6.45) is -3.29. The third-order valence-corrected chi connectivity index (χ3v) is 7.62. The molecule has 0 amide bonds. The third-order valence-electron chi connectivity index (χ3n) is 6.15. The lowest BCUT2D eigenvalue weighted by Crippen LogP contribution is -2.44. The van der Waals surface area contributed by atoms with Crippen LogP contribution in [0.2, 0.25) is 0 Å². The lowest BCUT2D eigenvalue weighted by atomic mass is 9.96. The zero-order chi connectivity index (χ0) is 25.8. The Hall–Kier alpha value is -2.71. The summed E-state index contributed by atoms with van der Waals surface area (Å²) in [6, 6.07) is 4.27. The average Bonchev–Trinajstić information content (AvgIpc) is 3.30. The van der Waals surface area contributed by atoms with Crippen molar-refractivity contribution in [1.82, 2.24) is 14.5 Å². The number of ether oxygens (including phenoxy) is 1. The number of fused-ring (bicyclic) bond motifs is 1. The molecule has 5 N–H and O–H groups in total. The monoisotopic (exact) mass is 528 g/mol. The lowest BCUT2D eigenvalue weighted by molar-refractivity contribution is -0.0950. The van der Waals surface area contributed by atoms with Gasteiger partial charge in [-0.05, 0) is 30.7 Å². The second-order valence-corrected chi connectivity index (χ2v) is 10.4. The smallest absolute Gasteiger partial charge is 0.387 e. The molecule has 2 aliphatic heterocycles. The molecule has 1 aromatic carbocycles. The Labute approximate surface area is 202 Å². The van der Waals surface area contributed by atoms with Crippen molar-refractivity contribution in [1.29, 1.82) is 0 Å². The fraction of sp³-hybridized carbons (Fsp3) is 0.429. The molecule has 0 saturated carbocycles. The Morgan fingerprint density at radius 1 is 1.36 bits per heavy atom. The third kappa shape index (κ3) is 4.45. The fourth-order valence-electron chi connectivity index (χ4n) is 4.36. The van der Waals surface area contributed by atoms with Gasteiger partial charge in [0.05, 0.1) is 24.7 Å². The number of anilines is 1. The molecule has 2 aliphatic rings. The quantitative estimate of drug-likeness (QED) is 0.359. The highest BCUT2D eigenvalue weighted by Crippen LogP contribution is 2.57. The number of rotatable bonds is 5. The maximum atomic E-state index is 13.6. The molecule has 36 heavy (non-hydrogen) atoms. The van der Waals surface area contributed by atoms with E-state index in [1.54, 1.807) is 0 Å². The molecule has 3 aromatic rings. The number of aliphatic hydroxyl groups is 2. The number of phosphoric acid groups is 1. The molecule has 5 rings (SSSR count). The van der Waals surface area contributed by atoms with Gasteiger partial charge in [0, 0.05) is 18.7 Å². The number of aliphatic hydroxyl groups excluding tert-OH is 1. The first-order valence-electron chi connectivity index (χ1n) is 10.9. The highest BCUT2D eigenvalue weighted by molar-refractivity contribution is 7.48. The van der Waals surface area contributed by atoms with Crippen LogP contribution in [0, 0.1) is 11.6 Å². The van der Waals surface area contributed by atoms with Crippen LogP contribution in [-0.4, -0.2) is 55.8 Å². The largest absolute Gasteiger partial charge is 0.475 e. The van der Waals surface area contributed by atoms with E-state index in [9.17, 15) is 28.4 Å². The molecule has 194 valence electrons. The number of hydrogen-bond donors (Lipinski definition) is 4. The van der Waals surface area contributed by atoms with Gasteiger partial charge in [-0.2, -0.15) is 4.98 Å². The van der Waals surface area contributed by atoms with Crippen LogP contribution in [0.3, 0.4) is 0 Å². The Bertz CT molecular complexity index is 1390. The number of nitrogen functional groups attached to an aromatic ring is 1. The van der Waals surface area contributed by atoms with Crippen molar-refractivity contribution >= 4 is 24.8 Å². The number of hydrogen-bond acceptors (Lipinski definition) is 10. The number of aromatic nitrogens is 3. The van der Waals surface area contributed by atoms with Gasteiger partial charge in [-0.1, -0.05) is 0 Å². The van der Waals surface area contributed by atoms with Gasteiger partial charge in [0.15, 0.2) is 11.9 Å². The Morgan fingerprint density at radius 2 is 2.08 bits per heavy atom. The summed E-state index contributed by atoms with van der Waals surface area (Å²) in [7, 11) is -4.22. The standard InChI is InChI=1S/C21H23F2N4O8P/c1-21(30)16(28)15(34-19(21)27-4-2-13-17(27)25-20(24)26-18(13)29)9-33-36(31)32-5-3-14(35-36)10-6-11(22)8-12(23)7-10/h2,4,6-8,14-16,19,28,30H,3,5,9H2,1H3,(H3,24,25,26,29)/t14-,15-,16-,19-,21-,36?/m1/s1. The number of nitrogens with one attached hydrogen (secondary N) is 1. The molecule has 15 heteroatoms. The average molecular weight is 528 g/mol. The van der Waals surface area contributed by atoms with Crippen molar-refractivity contribution in [2.24, 2.45) is 0 Å². The Kier molecular flexibility index (Phi) is 6.24. The summed E-state index contributed by atoms with van der Waals surface area (Å²) >= 11 is 0. The minimum absolute atomic E-state index is 0.0779. The van der Waals surface area contributed by atoms with E-state index in [2.05, 4.69) is 9.97 Å². The predicted molar refractivity (Wildman–Crippen MR) is 120 cm³/mol. The van der Waals surface area contributed by atoms with Crippen LogP contribution in [0.1, 0.15) is 31.2 Å². The van der Waals surface area contributed by atoms with E-state index in [4.69, 9.17) is 24.0 Å². The van der Waals surface area contributed by atoms with E-state index in [1.165, 1.54) is 23.8 Å². The Morgan fingerprint density at radius 3 is 2.81 bits per heavy atom.